The standard InChI is InChI=1S/C21H22N6O2/c1-12(2)28-19-7-17-15(8-23-19)9-24-20(17)14-4-5-22-18(6-14)27-10-16(11-27)21-25-13(3)26-29-21/h4-8,12,16H,9-11H2,1-3H3. The van der Waals surface area contributed by atoms with Gasteiger partial charge in [-0.05, 0) is 32.9 Å². The molecule has 0 radical (unpaired) electrons. The van der Waals surface area contributed by atoms with Crippen molar-refractivity contribution >= 4 is 11.5 Å². The summed E-state index contributed by atoms with van der Waals surface area (Å²) >= 11 is 0. The average Bonchev–Trinajstić information content (AvgIpc) is 3.26. The summed E-state index contributed by atoms with van der Waals surface area (Å²) in [7, 11) is 0. The van der Waals surface area contributed by atoms with Crippen LogP contribution in [0.4, 0.5) is 5.82 Å². The largest absolute Gasteiger partial charge is 0.475 e. The molecule has 8 heteroatoms. The fourth-order valence-electron chi connectivity index (χ4n) is 3.65. The van der Waals surface area contributed by atoms with E-state index in [-0.39, 0.29) is 12.0 Å². The van der Waals surface area contributed by atoms with E-state index in [0.717, 1.165) is 41.3 Å². The number of aromatic nitrogens is 4. The maximum absolute atomic E-state index is 5.76. The van der Waals surface area contributed by atoms with Crippen molar-refractivity contribution in [2.24, 2.45) is 4.99 Å². The Bertz CT molecular complexity index is 1080. The third-order valence-corrected chi connectivity index (χ3v) is 5.10. The predicted octanol–water partition coefficient (Wildman–Crippen LogP) is 2.91. The molecule has 0 saturated carbocycles. The van der Waals surface area contributed by atoms with Crippen LogP contribution in [0.1, 0.15) is 48.2 Å². The van der Waals surface area contributed by atoms with Crippen LogP contribution in [-0.2, 0) is 6.54 Å². The van der Waals surface area contributed by atoms with Gasteiger partial charge in [-0.15, -0.1) is 0 Å². The van der Waals surface area contributed by atoms with Crippen LogP contribution in [-0.4, -0.2) is 45.0 Å². The van der Waals surface area contributed by atoms with E-state index in [9.17, 15) is 0 Å². The molecule has 29 heavy (non-hydrogen) atoms. The van der Waals surface area contributed by atoms with Gasteiger partial charge in [-0.1, -0.05) is 5.16 Å². The summed E-state index contributed by atoms with van der Waals surface area (Å²) in [6.45, 7) is 8.10. The van der Waals surface area contributed by atoms with Crippen LogP contribution in [0.2, 0.25) is 0 Å². The van der Waals surface area contributed by atoms with Gasteiger partial charge in [0, 0.05) is 48.2 Å². The molecule has 2 aliphatic heterocycles. The van der Waals surface area contributed by atoms with E-state index in [0.29, 0.717) is 24.1 Å². The first-order valence-corrected chi connectivity index (χ1v) is 9.79. The van der Waals surface area contributed by atoms with Gasteiger partial charge in [0.25, 0.3) is 0 Å². The van der Waals surface area contributed by atoms with Crippen molar-refractivity contribution in [1.82, 2.24) is 20.1 Å². The first-order chi connectivity index (χ1) is 14.1. The van der Waals surface area contributed by atoms with Crippen LogP contribution in [0.25, 0.3) is 0 Å². The van der Waals surface area contributed by atoms with Crippen molar-refractivity contribution in [1.29, 1.82) is 0 Å². The normalized spacial score (nSPS) is 16.0. The number of rotatable bonds is 5. The Balaban J connectivity index is 1.35. The fourth-order valence-corrected chi connectivity index (χ4v) is 3.65. The van der Waals surface area contributed by atoms with Crippen LogP contribution >= 0.6 is 0 Å². The van der Waals surface area contributed by atoms with Crippen LogP contribution < -0.4 is 9.64 Å². The molecule has 3 aromatic rings. The van der Waals surface area contributed by atoms with E-state index in [1.807, 2.05) is 45.3 Å². The summed E-state index contributed by atoms with van der Waals surface area (Å²) in [6.07, 6.45) is 3.78. The molecule has 0 bridgehead atoms. The first kappa shape index (κ1) is 17.8. The fraction of sp³-hybridized carbons (Fsp3) is 0.381. The zero-order chi connectivity index (χ0) is 20.0. The minimum atomic E-state index is 0.0804. The van der Waals surface area contributed by atoms with Gasteiger partial charge in [0.1, 0.15) is 5.82 Å². The maximum atomic E-state index is 5.76. The summed E-state index contributed by atoms with van der Waals surface area (Å²) < 4.78 is 11.1. The quantitative estimate of drug-likeness (QED) is 0.662. The molecule has 0 amide bonds. The second kappa shape index (κ2) is 6.95. The van der Waals surface area contributed by atoms with E-state index < -0.39 is 0 Å². The van der Waals surface area contributed by atoms with Crippen LogP contribution in [0, 0.1) is 6.92 Å². The Morgan fingerprint density at radius 1 is 1.21 bits per heavy atom. The van der Waals surface area contributed by atoms with Crippen molar-refractivity contribution in [3.63, 3.8) is 0 Å². The molecule has 0 spiro atoms. The van der Waals surface area contributed by atoms with Crippen molar-refractivity contribution in [3.8, 4) is 5.88 Å². The molecule has 3 aromatic heterocycles. The second-order valence-corrected chi connectivity index (χ2v) is 7.70. The van der Waals surface area contributed by atoms with E-state index in [2.05, 4.69) is 31.1 Å². The molecule has 2 aliphatic rings. The number of fused-ring (bicyclic) bond motifs is 1. The zero-order valence-corrected chi connectivity index (χ0v) is 16.7. The minimum Gasteiger partial charge on any atom is -0.475 e. The summed E-state index contributed by atoms with van der Waals surface area (Å²) in [6, 6.07) is 6.07. The summed E-state index contributed by atoms with van der Waals surface area (Å²) in [5.74, 6) is 3.19. The number of ether oxygens (including phenoxy) is 1. The molecule has 0 aromatic carbocycles. The maximum Gasteiger partial charge on any atom is 0.233 e. The van der Waals surface area contributed by atoms with Gasteiger partial charge in [-0.2, -0.15) is 4.98 Å². The lowest BCUT2D eigenvalue weighted by atomic mass is 9.99. The molecular weight excluding hydrogens is 368 g/mol. The highest BCUT2D eigenvalue weighted by atomic mass is 16.5. The Kier molecular flexibility index (Phi) is 4.26. The number of hydrogen-bond donors (Lipinski definition) is 0. The van der Waals surface area contributed by atoms with Crippen molar-refractivity contribution in [2.45, 2.75) is 39.3 Å². The Morgan fingerprint density at radius 2 is 2.07 bits per heavy atom. The van der Waals surface area contributed by atoms with Gasteiger partial charge in [-0.25, -0.2) is 9.97 Å². The summed E-state index contributed by atoms with van der Waals surface area (Å²) in [5.41, 5.74) is 4.21. The van der Waals surface area contributed by atoms with Gasteiger partial charge in [0.15, 0.2) is 5.82 Å². The first-order valence-electron chi connectivity index (χ1n) is 9.79. The topological polar surface area (TPSA) is 89.5 Å². The molecule has 5 rings (SSSR count). The van der Waals surface area contributed by atoms with Gasteiger partial charge in [-0.3, -0.25) is 4.99 Å². The lowest BCUT2D eigenvalue weighted by molar-refractivity contribution is 0.232. The number of hydrogen-bond acceptors (Lipinski definition) is 8. The molecule has 5 heterocycles. The van der Waals surface area contributed by atoms with Crippen LogP contribution in [0.15, 0.2) is 40.1 Å². The number of aliphatic imine (C=N–C) groups is 1. The van der Waals surface area contributed by atoms with E-state index in [1.54, 1.807) is 0 Å². The SMILES string of the molecule is Cc1noc(C2CN(c3cc(C4=NCc5cnc(OC(C)C)cc54)ccn3)C2)n1. The number of aryl methyl sites for hydroxylation is 1. The summed E-state index contributed by atoms with van der Waals surface area (Å²) in [4.78, 5) is 20.2. The van der Waals surface area contributed by atoms with Gasteiger partial charge >= 0.3 is 0 Å². The Labute approximate surface area is 168 Å². The second-order valence-electron chi connectivity index (χ2n) is 7.70. The molecule has 0 aliphatic carbocycles. The smallest absolute Gasteiger partial charge is 0.233 e. The molecular formula is C21H22N6O2. The highest BCUT2D eigenvalue weighted by molar-refractivity contribution is 6.15. The molecule has 0 N–H and O–H groups in total. The molecule has 1 saturated heterocycles. The van der Waals surface area contributed by atoms with Crippen molar-refractivity contribution < 1.29 is 9.26 Å². The van der Waals surface area contributed by atoms with E-state index in [4.69, 9.17) is 14.3 Å². The van der Waals surface area contributed by atoms with Crippen molar-refractivity contribution in [2.75, 3.05) is 18.0 Å². The van der Waals surface area contributed by atoms with Crippen LogP contribution in [0.5, 0.6) is 5.88 Å². The number of nitrogens with zero attached hydrogens (tertiary/aromatic N) is 6. The average molecular weight is 390 g/mol. The molecule has 8 nitrogen and oxygen atoms in total. The molecule has 0 unspecified atom stereocenters. The lowest BCUT2D eigenvalue weighted by Crippen LogP contribution is -2.45. The Morgan fingerprint density at radius 3 is 2.83 bits per heavy atom. The number of pyridine rings is 2. The monoisotopic (exact) mass is 390 g/mol. The number of anilines is 1. The summed E-state index contributed by atoms with van der Waals surface area (Å²) in [5, 5.41) is 3.88. The lowest BCUT2D eigenvalue weighted by Gasteiger charge is -2.38. The van der Waals surface area contributed by atoms with Gasteiger partial charge in [0.05, 0.1) is 24.3 Å². The Hall–Kier alpha value is -3.29. The third-order valence-electron chi connectivity index (χ3n) is 5.10. The van der Waals surface area contributed by atoms with Crippen LogP contribution in [0.3, 0.4) is 0 Å². The van der Waals surface area contributed by atoms with E-state index in [1.165, 1.54) is 0 Å². The molecule has 148 valence electrons. The molecule has 0 atom stereocenters. The highest BCUT2D eigenvalue weighted by Crippen LogP contribution is 2.31. The van der Waals surface area contributed by atoms with E-state index >= 15 is 0 Å². The highest BCUT2D eigenvalue weighted by Gasteiger charge is 2.33. The third kappa shape index (κ3) is 3.35. The van der Waals surface area contributed by atoms with Gasteiger partial charge in [0.2, 0.25) is 11.8 Å². The zero-order valence-electron chi connectivity index (χ0n) is 16.7. The van der Waals surface area contributed by atoms with Gasteiger partial charge < -0.3 is 14.2 Å². The minimum absolute atomic E-state index is 0.0804. The van der Waals surface area contributed by atoms with Crippen molar-refractivity contribution in [3.05, 3.63) is 59.0 Å². The molecule has 1 fully saturated rings. The predicted molar refractivity (Wildman–Crippen MR) is 108 cm³/mol.